The lowest BCUT2D eigenvalue weighted by atomic mass is 10.2. The van der Waals surface area contributed by atoms with Gasteiger partial charge in [-0.3, -0.25) is 0 Å². The van der Waals surface area contributed by atoms with Gasteiger partial charge < -0.3 is 5.32 Å². The smallest absolute Gasteiger partial charge is 0.243 e. The minimum atomic E-state index is 0.701. The molecule has 1 N–H and O–H groups in total. The fraction of sp³-hybridized carbons (Fsp3) is 0.500. The number of halogens is 1. The third-order valence-corrected chi connectivity index (χ3v) is 3.94. The van der Waals surface area contributed by atoms with Crippen molar-refractivity contribution in [1.29, 1.82) is 0 Å². The summed E-state index contributed by atoms with van der Waals surface area (Å²) in [6.07, 6.45) is 7.75. The molecule has 0 fully saturated rings. The van der Waals surface area contributed by atoms with Crippen molar-refractivity contribution in [3.63, 3.8) is 0 Å². The zero-order valence-corrected chi connectivity index (χ0v) is 12.8. The number of thioether (sulfide) groups is 1. The molecule has 6 heteroatoms. The number of anilines is 1. The summed E-state index contributed by atoms with van der Waals surface area (Å²) in [4.78, 5) is 4.44. The molecule has 0 spiro atoms. The molecule has 0 saturated carbocycles. The molecule has 2 heterocycles. The maximum Gasteiger partial charge on any atom is 0.243 e. The second-order valence-electron chi connectivity index (χ2n) is 4.04. The minimum absolute atomic E-state index is 0.701. The van der Waals surface area contributed by atoms with Crippen molar-refractivity contribution in [2.45, 2.75) is 19.3 Å². The zero-order valence-electron chi connectivity index (χ0n) is 10.4. The van der Waals surface area contributed by atoms with E-state index in [9.17, 15) is 0 Å². The van der Waals surface area contributed by atoms with E-state index < -0.39 is 0 Å². The molecule has 18 heavy (non-hydrogen) atoms. The lowest BCUT2D eigenvalue weighted by Crippen LogP contribution is -2.03. The van der Waals surface area contributed by atoms with Crippen molar-refractivity contribution in [1.82, 2.24) is 14.6 Å². The van der Waals surface area contributed by atoms with E-state index in [1.165, 1.54) is 18.6 Å². The predicted octanol–water partition coefficient (Wildman–Crippen LogP) is 3.44. The molecule has 4 nitrogen and oxygen atoms in total. The Morgan fingerprint density at radius 3 is 3.06 bits per heavy atom. The number of hydrogen-bond acceptors (Lipinski definition) is 4. The Morgan fingerprint density at radius 2 is 2.28 bits per heavy atom. The van der Waals surface area contributed by atoms with Crippen LogP contribution in [0.25, 0.3) is 5.65 Å². The quantitative estimate of drug-likeness (QED) is 0.790. The van der Waals surface area contributed by atoms with E-state index in [0.29, 0.717) is 5.95 Å². The van der Waals surface area contributed by atoms with E-state index in [1.807, 2.05) is 30.1 Å². The number of pyridine rings is 1. The summed E-state index contributed by atoms with van der Waals surface area (Å²) in [5, 5.41) is 7.64. The van der Waals surface area contributed by atoms with Crippen LogP contribution in [0.4, 0.5) is 5.95 Å². The first-order valence-corrected chi connectivity index (χ1v) is 8.23. The summed E-state index contributed by atoms with van der Waals surface area (Å²) in [5.74, 6) is 1.95. The topological polar surface area (TPSA) is 42.2 Å². The molecule has 98 valence electrons. The Hall–Kier alpha value is -0.750. The summed E-state index contributed by atoms with van der Waals surface area (Å²) < 4.78 is 2.74. The number of unbranched alkanes of at least 4 members (excludes halogenated alkanes) is 2. The molecule has 0 aliphatic carbocycles. The van der Waals surface area contributed by atoms with Gasteiger partial charge in [0, 0.05) is 12.7 Å². The van der Waals surface area contributed by atoms with Gasteiger partial charge in [-0.2, -0.15) is 16.7 Å². The second kappa shape index (κ2) is 6.99. The van der Waals surface area contributed by atoms with Gasteiger partial charge in [-0.25, -0.2) is 4.52 Å². The van der Waals surface area contributed by atoms with Gasteiger partial charge >= 0.3 is 0 Å². The average molecular weight is 329 g/mol. The number of hydrogen-bond donors (Lipinski definition) is 1. The van der Waals surface area contributed by atoms with E-state index in [-0.39, 0.29) is 0 Å². The van der Waals surface area contributed by atoms with Crippen molar-refractivity contribution in [2.75, 3.05) is 23.9 Å². The Labute approximate surface area is 120 Å². The highest BCUT2D eigenvalue weighted by Gasteiger charge is 2.04. The van der Waals surface area contributed by atoms with Crippen LogP contribution < -0.4 is 5.32 Å². The number of fused-ring (bicyclic) bond motifs is 1. The number of nitrogens with one attached hydrogen (secondary N) is 1. The standard InChI is InChI=1S/C12H17BrN4S/c1-18-9-4-2-3-7-14-12-15-11-10(13)6-5-8-17(11)16-12/h5-6,8H,2-4,7,9H2,1H3,(H,14,16). The molecule has 0 aromatic carbocycles. The van der Waals surface area contributed by atoms with Crippen molar-refractivity contribution >= 4 is 39.3 Å². The third-order valence-electron chi connectivity index (χ3n) is 2.62. The highest BCUT2D eigenvalue weighted by Crippen LogP contribution is 2.16. The van der Waals surface area contributed by atoms with Crippen LogP contribution in [0.1, 0.15) is 19.3 Å². The highest BCUT2D eigenvalue weighted by atomic mass is 79.9. The number of aromatic nitrogens is 3. The summed E-state index contributed by atoms with van der Waals surface area (Å²) in [7, 11) is 0. The highest BCUT2D eigenvalue weighted by molar-refractivity contribution is 9.10. The molecule has 0 aliphatic rings. The maximum atomic E-state index is 4.44. The van der Waals surface area contributed by atoms with Gasteiger partial charge in [-0.05, 0) is 52.9 Å². The average Bonchev–Trinajstić information content (AvgIpc) is 2.78. The van der Waals surface area contributed by atoms with Crippen LogP contribution in [-0.4, -0.2) is 33.2 Å². The van der Waals surface area contributed by atoms with Crippen LogP contribution in [0, 0.1) is 0 Å². The van der Waals surface area contributed by atoms with Gasteiger partial charge in [0.25, 0.3) is 0 Å². The first kappa shape index (κ1) is 13.7. The monoisotopic (exact) mass is 328 g/mol. The van der Waals surface area contributed by atoms with Crippen molar-refractivity contribution in [2.24, 2.45) is 0 Å². The lowest BCUT2D eigenvalue weighted by Gasteiger charge is -2.00. The molecule has 0 bridgehead atoms. The summed E-state index contributed by atoms with van der Waals surface area (Å²) in [5.41, 5.74) is 0.849. The minimum Gasteiger partial charge on any atom is -0.353 e. The van der Waals surface area contributed by atoms with Crippen molar-refractivity contribution in [3.8, 4) is 0 Å². The van der Waals surface area contributed by atoms with Gasteiger partial charge in [0.2, 0.25) is 5.95 Å². The summed E-state index contributed by atoms with van der Waals surface area (Å²) >= 11 is 5.37. The predicted molar refractivity (Wildman–Crippen MR) is 81.4 cm³/mol. The maximum absolute atomic E-state index is 4.44. The van der Waals surface area contributed by atoms with E-state index in [4.69, 9.17) is 0 Å². The van der Waals surface area contributed by atoms with E-state index in [1.54, 1.807) is 4.52 Å². The van der Waals surface area contributed by atoms with Crippen LogP contribution in [0.15, 0.2) is 22.8 Å². The lowest BCUT2D eigenvalue weighted by molar-refractivity contribution is 0.746. The molecule has 0 saturated heterocycles. The molecule has 0 amide bonds. The van der Waals surface area contributed by atoms with Crippen LogP contribution in [-0.2, 0) is 0 Å². The Morgan fingerprint density at radius 1 is 1.39 bits per heavy atom. The first-order chi connectivity index (χ1) is 8.81. The molecule has 0 radical (unpaired) electrons. The zero-order chi connectivity index (χ0) is 12.8. The van der Waals surface area contributed by atoms with Crippen LogP contribution >= 0.6 is 27.7 Å². The molecule has 0 aliphatic heterocycles. The molecule has 2 rings (SSSR count). The van der Waals surface area contributed by atoms with E-state index >= 15 is 0 Å². The largest absolute Gasteiger partial charge is 0.353 e. The Kier molecular flexibility index (Phi) is 5.31. The SMILES string of the molecule is CSCCCCCNc1nc2c(Br)cccn2n1. The van der Waals surface area contributed by atoms with E-state index in [0.717, 1.165) is 23.1 Å². The summed E-state index contributed by atoms with van der Waals surface area (Å²) in [6.45, 7) is 0.933. The Balaban J connectivity index is 1.83. The number of rotatable bonds is 7. The molecule has 2 aromatic rings. The Bertz CT molecular complexity index is 500. The van der Waals surface area contributed by atoms with Crippen LogP contribution in [0.5, 0.6) is 0 Å². The molecule has 0 unspecified atom stereocenters. The van der Waals surface area contributed by atoms with Gasteiger partial charge in [0.1, 0.15) is 0 Å². The van der Waals surface area contributed by atoms with Crippen molar-refractivity contribution in [3.05, 3.63) is 22.8 Å². The first-order valence-electron chi connectivity index (χ1n) is 6.05. The van der Waals surface area contributed by atoms with Crippen molar-refractivity contribution < 1.29 is 0 Å². The third kappa shape index (κ3) is 3.62. The second-order valence-corrected chi connectivity index (χ2v) is 5.88. The molecule has 2 aromatic heterocycles. The number of nitrogens with zero attached hydrogens (tertiary/aromatic N) is 3. The fourth-order valence-corrected chi connectivity index (χ4v) is 2.61. The van der Waals surface area contributed by atoms with Gasteiger partial charge in [0.15, 0.2) is 5.65 Å². The molecular weight excluding hydrogens is 312 g/mol. The fourth-order valence-electron chi connectivity index (χ4n) is 1.70. The van der Waals surface area contributed by atoms with Gasteiger partial charge in [0.05, 0.1) is 4.47 Å². The molecular formula is C12H17BrN4S. The molecule has 0 atom stereocenters. The van der Waals surface area contributed by atoms with E-state index in [2.05, 4.69) is 37.6 Å². The van der Waals surface area contributed by atoms with Gasteiger partial charge in [-0.15, -0.1) is 5.10 Å². The summed E-state index contributed by atoms with van der Waals surface area (Å²) in [6, 6.07) is 3.91. The normalized spacial score (nSPS) is 11.0. The van der Waals surface area contributed by atoms with Crippen LogP contribution in [0.2, 0.25) is 0 Å². The van der Waals surface area contributed by atoms with Crippen LogP contribution in [0.3, 0.4) is 0 Å². The van der Waals surface area contributed by atoms with Gasteiger partial charge in [-0.1, -0.05) is 6.42 Å².